The number of hydrogen-bond acceptors (Lipinski definition) is 2. The van der Waals surface area contributed by atoms with Gasteiger partial charge >= 0.3 is 0 Å². The molecule has 0 amide bonds. The number of hydrogen-bond donors (Lipinski definition) is 0. The maximum absolute atomic E-state index is 5.11. The molecule has 0 heterocycles. The minimum atomic E-state index is 0.894. The third kappa shape index (κ3) is 4.23. The fourth-order valence-corrected chi connectivity index (χ4v) is 4.53. The van der Waals surface area contributed by atoms with Gasteiger partial charge in [-0.15, -0.1) is 0 Å². The summed E-state index contributed by atoms with van der Waals surface area (Å²) in [6.07, 6.45) is 0. The molecule has 0 aromatic heterocycles. The summed E-state index contributed by atoms with van der Waals surface area (Å²) in [6.45, 7) is 0. The van der Waals surface area contributed by atoms with Gasteiger partial charge < -0.3 is 19.6 Å². The molecule has 0 bridgehead atoms. The van der Waals surface area contributed by atoms with E-state index in [9.17, 15) is 0 Å². The van der Waals surface area contributed by atoms with E-state index in [4.69, 9.17) is 9.98 Å². The molecule has 176 valence electrons. The monoisotopic (exact) mass is 454 g/mol. The van der Waals surface area contributed by atoms with Crippen LogP contribution in [0.1, 0.15) is 0 Å². The van der Waals surface area contributed by atoms with Crippen molar-refractivity contribution in [3.8, 4) is 0 Å². The summed E-state index contributed by atoms with van der Waals surface area (Å²) in [4.78, 5) is 18.4. The van der Waals surface area contributed by atoms with E-state index in [-0.39, 0.29) is 0 Å². The van der Waals surface area contributed by atoms with Gasteiger partial charge in [-0.1, -0.05) is 48.5 Å². The quantitative estimate of drug-likeness (QED) is 0.232. The Labute approximate surface area is 202 Å². The van der Waals surface area contributed by atoms with Gasteiger partial charge in [-0.25, -0.2) is 9.98 Å². The van der Waals surface area contributed by atoms with Gasteiger partial charge in [-0.3, -0.25) is 0 Å². The zero-order chi connectivity index (χ0) is 24.6. The number of guanidine groups is 2. The molecule has 4 aromatic rings. The first-order valence-electron chi connectivity index (χ1n) is 11.4. The highest BCUT2D eigenvalue weighted by molar-refractivity contribution is 6.26. The molecule has 0 N–H and O–H groups in total. The average Bonchev–Trinajstić information content (AvgIpc) is 2.79. The second-order valence-corrected chi connectivity index (χ2v) is 9.38. The third-order valence-corrected chi connectivity index (χ3v) is 5.86. The van der Waals surface area contributed by atoms with Gasteiger partial charge in [-0.2, -0.15) is 0 Å². The minimum absolute atomic E-state index is 0.894. The van der Waals surface area contributed by atoms with Crippen molar-refractivity contribution in [1.29, 1.82) is 0 Å². The molecule has 6 nitrogen and oxygen atoms in total. The van der Waals surface area contributed by atoms with Crippen LogP contribution >= 0.6 is 0 Å². The van der Waals surface area contributed by atoms with Crippen LogP contribution in [0.15, 0.2) is 70.6 Å². The molecule has 6 heteroatoms. The number of rotatable bonds is 2. The second-order valence-electron chi connectivity index (χ2n) is 9.38. The Morgan fingerprint density at radius 2 is 0.765 bits per heavy atom. The van der Waals surface area contributed by atoms with Crippen LogP contribution in [0.2, 0.25) is 0 Å². The van der Waals surface area contributed by atoms with Crippen LogP contribution in [-0.4, -0.2) is 87.9 Å². The summed E-state index contributed by atoms with van der Waals surface area (Å²) >= 11 is 0. The van der Waals surface area contributed by atoms with E-state index in [0.29, 0.717) is 0 Å². The largest absolute Gasteiger partial charge is 0.349 e. The molecule has 0 aliphatic carbocycles. The van der Waals surface area contributed by atoms with Crippen molar-refractivity contribution in [2.45, 2.75) is 0 Å². The first-order chi connectivity index (χ1) is 16.2. The Bertz CT molecular complexity index is 1290. The molecule has 0 atom stereocenters. The van der Waals surface area contributed by atoms with Crippen LogP contribution in [0.3, 0.4) is 0 Å². The Hall–Kier alpha value is -3.80. The molecule has 0 unspecified atom stereocenters. The highest BCUT2D eigenvalue weighted by Crippen LogP contribution is 2.41. The highest BCUT2D eigenvalue weighted by Gasteiger charge is 2.15. The van der Waals surface area contributed by atoms with Gasteiger partial charge in [-0.05, 0) is 28.3 Å². The van der Waals surface area contributed by atoms with E-state index in [1.807, 2.05) is 76.0 Å². The third-order valence-electron chi connectivity index (χ3n) is 5.86. The molecule has 0 saturated heterocycles. The van der Waals surface area contributed by atoms with Crippen molar-refractivity contribution in [3.63, 3.8) is 0 Å². The van der Waals surface area contributed by atoms with E-state index in [1.165, 1.54) is 10.8 Å². The number of benzene rings is 4. The maximum atomic E-state index is 5.11. The summed E-state index contributed by atoms with van der Waals surface area (Å²) in [7, 11) is 16.2. The molecule has 0 saturated carbocycles. The van der Waals surface area contributed by atoms with Gasteiger partial charge in [0.05, 0.1) is 11.4 Å². The van der Waals surface area contributed by atoms with Gasteiger partial charge in [0.25, 0.3) is 0 Å². The summed E-state index contributed by atoms with van der Waals surface area (Å²) in [5.41, 5.74) is 1.90. The molecule has 4 rings (SSSR count). The van der Waals surface area contributed by atoms with E-state index in [1.54, 1.807) is 0 Å². The number of aliphatic imine (C=N–C) groups is 2. The maximum Gasteiger partial charge on any atom is 0.200 e. The van der Waals surface area contributed by atoms with Crippen LogP contribution in [0.5, 0.6) is 0 Å². The van der Waals surface area contributed by atoms with Crippen LogP contribution in [0, 0.1) is 0 Å². The van der Waals surface area contributed by atoms with E-state index >= 15 is 0 Å². The van der Waals surface area contributed by atoms with Crippen LogP contribution in [0.25, 0.3) is 32.3 Å². The van der Waals surface area contributed by atoms with Crippen LogP contribution < -0.4 is 0 Å². The normalized spacial score (nSPS) is 10.9. The van der Waals surface area contributed by atoms with Crippen LogP contribution in [0.4, 0.5) is 11.4 Å². The van der Waals surface area contributed by atoms with Crippen molar-refractivity contribution in [1.82, 2.24) is 19.6 Å². The Kier molecular flexibility index (Phi) is 6.33. The van der Waals surface area contributed by atoms with E-state index in [2.05, 4.69) is 60.7 Å². The molecule has 4 aromatic carbocycles. The predicted molar refractivity (Wildman–Crippen MR) is 148 cm³/mol. The lowest BCUT2D eigenvalue weighted by Gasteiger charge is -2.23. The fourth-order valence-electron chi connectivity index (χ4n) is 4.53. The Balaban J connectivity index is 2.18. The smallest absolute Gasteiger partial charge is 0.200 e. The molecule has 0 radical (unpaired) electrons. The SMILES string of the molecule is CN(C)C(=Nc1cccc2ccc3ccc4cccc(N=C(N(C)C)N(C)C)c4c3c12)N(C)C. The van der Waals surface area contributed by atoms with Crippen molar-refractivity contribution in [2.75, 3.05) is 56.4 Å². The molecular formula is C28H34N6. The first-order valence-corrected chi connectivity index (χ1v) is 11.4. The van der Waals surface area contributed by atoms with Gasteiger partial charge in [0.1, 0.15) is 0 Å². The highest BCUT2D eigenvalue weighted by atomic mass is 15.3. The van der Waals surface area contributed by atoms with E-state index in [0.717, 1.165) is 44.8 Å². The average molecular weight is 455 g/mol. The number of nitrogens with zero attached hydrogens (tertiary/aromatic N) is 6. The predicted octanol–water partition coefficient (Wildman–Crippen LogP) is 5.37. The Morgan fingerprint density at radius 3 is 1.09 bits per heavy atom. The molecule has 0 aliphatic heterocycles. The minimum Gasteiger partial charge on any atom is -0.349 e. The van der Waals surface area contributed by atoms with Crippen molar-refractivity contribution >= 4 is 55.6 Å². The topological polar surface area (TPSA) is 37.7 Å². The standard InChI is InChI=1S/C28H34N6/c1-31(2)27(32(3)4)29-22-13-9-11-19-15-17-21-18-16-20-12-10-14-23(25(20)26(21)24(19)22)30-28(33(5)6)34(7)8/h9-18H,1-8H3. The molecule has 0 aliphatic rings. The lowest BCUT2D eigenvalue weighted by molar-refractivity contribution is 0.484. The van der Waals surface area contributed by atoms with Crippen molar-refractivity contribution in [2.24, 2.45) is 9.98 Å². The molecule has 0 fully saturated rings. The fraction of sp³-hybridized carbons (Fsp3) is 0.286. The lowest BCUT2D eigenvalue weighted by Crippen LogP contribution is -2.35. The Morgan fingerprint density at radius 1 is 0.441 bits per heavy atom. The number of fused-ring (bicyclic) bond motifs is 5. The molecule has 0 spiro atoms. The van der Waals surface area contributed by atoms with Gasteiger partial charge in [0.2, 0.25) is 11.9 Å². The summed E-state index contributed by atoms with van der Waals surface area (Å²) in [5.74, 6) is 1.79. The van der Waals surface area contributed by atoms with Crippen LogP contribution in [-0.2, 0) is 0 Å². The van der Waals surface area contributed by atoms with E-state index < -0.39 is 0 Å². The second kappa shape index (κ2) is 9.21. The van der Waals surface area contributed by atoms with Gasteiger partial charge in [0, 0.05) is 72.5 Å². The zero-order valence-electron chi connectivity index (χ0n) is 21.5. The zero-order valence-corrected chi connectivity index (χ0v) is 21.5. The summed E-state index contributed by atoms with van der Waals surface area (Å²) < 4.78 is 0. The summed E-state index contributed by atoms with van der Waals surface area (Å²) in [6, 6.07) is 21.4. The molecular weight excluding hydrogens is 420 g/mol. The first kappa shape index (κ1) is 23.4. The lowest BCUT2D eigenvalue weighted by atomic mass is 9.94. The molecule has 34 heavy (non-hydrogen) atoms. The van der Waals surface area contributed by atoms with Crippen molar-refractivity contribution < 1.29 is 0 Å². The summed E-state index contributed by atoms with van der Waals surface area (Å²) in [5, 5.41) is 6.98. The van der Waals surface area contributed by atoms with Crippen molar-refractivity contribution in [3.05, 3.63) is 60.7 Å². The van der Waals surface area contributed by atoms with Gasteiger partial charge in [0.15, 0.2) is 0 Å².